The lowest BCUT2D eigenvalue weighted by Crippen LogP contribution is -2.38. The van der Waals surface area contributed by atoms with Crippen molar-refractivity contribution in [2.75, 3.05) is 27.2 Å². The van der Waals surface area contributed by atoms with E-state index in [1.165, 1.54) is 33.2 Å². The summed E-state index contributed by atoms with van der Waals surface area (Å²) in [6.07, 6.45) is 0.904. The van der Waals surface area contributed by atoms with Crippen molar-refractivity contribution in [3.05, 3.63) is 28.8 Å². The molecule has 138 valence electrons. The second-order valence-electron chi connectivity index (χ2n) is 6.01. The fraction of sp³-hybridized carbons (Fsp3) is 0.500. The number of rotatable bonds is 5. The second kappa shape index (κ2) is 7.72. The molecule has 0 radical (unpaired) electrons. The molecule has 1 fully saturated rings. The summed E-state index contributed by atoms with van der Waals surface area (Å²) in [7, 11) is -0.941. The van der Waals surface area contributed by atoms with Gasteiger partial charge in [-0.3, -0.25) is 4.79 Å². The average molecular weight is 389 g/mol. The third-order valence-corrected chi connectivity index (χ3v) is 6.13. The number of hydrogen-bond acceptors (Lipinski definition) is 5. The Morgan fingerprint density at radius 2 is 1.84 bits per heavy atom. The Kier molecular flexibility index (Phi) is 6.08. The Morgan fingerprint density at radius 3 is 2.40 bits per heavy atom. The largest absolute Gasteiger partial charge is 0.449 e. The zero-order valence-corrected chi connectivity index (χ0v) is 15.9. The van der Waals surface area contributed by atoms with E-state index >= 15 is 0 Å². The van der Waals surface area contributed by atoms with Crippen molar-refractivity contribution in [1.29, 1.82) is 0 Å². The number of benzene rings is 1. The number of likely N-dealkylation sites (tertiary alicyclic amines) is 1. The summed E-state index contributed by atoms with van der Waals surface area (Å²) >= 11 is 6.01. The summed E-state index contributed by atoms with van der Waals surface area (Å²) < 4.78 is 30.6. The SMILES string of the molecule is C[C@H](OC(=O)c1cc(S(=O)(=O)N(C)C)ccc1Cl)C(=O)N1CCCC1. The predicted octanol–water partition coefficient (Wildman–Crippen LogP) is 1.76. The van der Waals surface area contributed by atoms with Crippen LogP contribution in [0, 0.1) is 0 Å². The molecule has 0 bridgehead atoms. The van der Waals surface area contributed by atoms with E-state index < -0.39 is 22.1 Å². The van der Waals surface area contributed by atoms with Gasteiger partial charge in [-0.2, -0.15) is 0 Å². The quantitative estimate of drug-likeness (QED) is 0.717. The van der Waals surface area contributed by atoms with Gasteiger partial charge in [0.05, 0.1) is 15.5 Å². The zero-order chi connectivity index (χ0) is 18.8. The third-order valence-electron chi connectivity index (χ3n) is 3.99. The number of nitrogens with zero attached hydrogens (tertiary/aromatic N) is 2. The summed E-state index contributed by atoms with van der Waals surface area (Å²) in [5.74, 6) is -1.10. The van der Waals surface area contributed by atoms with E-state index in [4.69, 9.17) is 16.3 Å². The van der Waals surface area contributed by atoms with Gasteiger partial charge in [-0.05, 0) is 38.0 Å². The molecule has 1 atom stereocenters. The van der Waals surface area contributed by atoms with Crippen molar-refractivity contribution >= 4 is 33.5 Å². The van der Waals surface area contributed by atoms with Crippen molar-refractivity contribution in [3.8, 4) is 0 Å². The van der Waals surface area contributed by atoms with Gasteiger partial charge in [-0.1, -0.05) is 11.6 Å². The fourth-order valence-electron chi connectivity index (χ4n) is 2.50. The molecule has 1 aromatic carbocycles. The lowest BCUT2D eigenvalue weighted by molar-refractivity contribution is -0.138. The van der Waals surface area contributed by atoms with E-state index in [9.17, 15) is 18.0 Å². The molecule has 1 aromatic rings. The smallest absolute Gasteiger partial charge is 0.340 e. The molecule has 9 heteroatoms. The Balaban J connectivity index is 2.20. The molecule has 0 saturated carbocycles. The third kappa shape index (κ3) is 4.31. The van der Waals surface area contributed by atoms with E-state index in [1.54, 1.807) is 4.90 Å². The summed E-state index contributed by atoms with van der Waals surface area (Å²) in [5, 5.41) is 0.0588. The van der Waals surface area contributed by atoms with Crippen LogP contribution in [0.3, 0.4) is 0 Å². The van der Waals surface area contributed by atoms with Crippen LogP contribution in [0.5, 0.6) is 0 Å². The normalized spacial score (nSPS) is 16.1. The number of sulfonamides is 1. The van der Waals surface area contributed by atoms with E-state index in [0.29, 0.717) is 13.1 Å². The lowest BCUT2D eigenvalue weighted by Gasteiger charge is -2.20. The predicted molar refractivity (Wildman–Crippen MR) is 93.0 cm³/mol. The van der Waals surface area contributed by atoms with Gasteiger partial charge in [0, 0.05) is 27.2 Å². The minimum absolute atomic E-state index is 0.0588. The molecule has 0 aliphatic carbocycles. The average Bonchev–Trinajstić information content (AvgIpc) is 3.08. The number of carbonyl (C=O) groups is 2. The fourth-order valence-corrected chi connectivity index (χ4v) is 3.62. The number of halogens is 1. The molecule has 1 saturated heterocycles. The van der Waals surface area contributed by atoms with Crippen LogP contribution in [0.4, 0.5) is 0 Å². The molecular weight excluding hydrogens is 368 g/mol. The van der Waals surface area contributed by atoms with Crippen molar-refractivity contribution in [2.45, 2.75) is 30.8 Å². The standard InChI is InChI=1S/C16H21ClN2O5S/c1-11(15(20)19-8-4-5-9-19)24-16(21)13-10-12(6-7-14(13)17)25(22,23)18(2)3/h6-7,10-11H,4-5,8-9H2,1-3H3/t11-/m0/s1. The summed E-state index contributed by atoms with van der Waals surface area (Å²) in [5.41, 5.74) is -0.0920. The van der Waals surface area contributed by atoms with Gasteiger partial charge >= 0.3 is 5.97 Å². The van der Waals surface area contributed by atoms with Gasteiger partial charge in [-0.25, -0.2) is 17.5 Å². The molecule has 0 spiro atoms. The van der Waals surface area contributed by atoms with Gasteiger partial charge < -0.3 is 9.64 Å². The van der Waals surface area contributed by atoms with Gasteiger partial charge in [0.25, 0.3) is 5.91 Å². The first-order valence-corrected chi connectivity index (χ1v) is 9.68. The number of carbonyl (C=O) groups excluding carboxylic acids is 2. The molecule has 1 amide bonds. The van der Waals surface area contributed by atoms with Gasteiger partial charge in [0.15, 0.2) is 6.10 Å². The number of esters is 1. The first-order chi connectivity index (χ1) is 11.6. The molecule has 0 aromatic heterocycles. The van der Waals surface area contributed by atoms with Crippen LogP contribution >= 0.6 is 11.6 Å². The van der Waals surface area contributed by atoms with Crippen LogP contribution in [0.25, 0.3) is 0 Å². The maximum atomic E-state index is 12.4. The lowest BCUT2D eigenvalue weighted by atomic mass is 10.2. The van der Waals surface area contributed by atoms with Crippen LogP contribution < -0.4 is 0 Å². The highest BCUT2D eigenvalue weighted by molar-refractivity contribution is 7.89. The van der Waals surface area contributed by atoms with Crippen LogP contribution in [0.2, 0.25) is 5.02 Å². The maximum Gasteiger partial charge on any atom is 0.340 e. The number of ether oxygens (including phenoxy) is 1. The molecule has 7 nitrogen and oxygen atoms in total. The Bertz CT molecular complexity index is 773. The van der Waals surface area contributed by atoms with Crippen LogP contribution in [-0.4, -0.2) is 62.8 Å². The summed E-state index contributed by atoms with van der Waals surface area (Å²) in [4.78, 5) is 26.2. The molecule has 2 rings (SSSR count). The Morgan fingerprint density at radius 1 is 1.24 bits per heavy atom. The second-order valence-corrected chi connectivity index (χ2v) is 8.57. The monoisotopic (exact) mass is 388 g/mol. The van der Waals surface area contributed by atoms with Crippen molar-refractivity contribution in [1.82, 2.24) is 9.21 Å². The molecule has 1 aliphatic heterocycles. The van der Waals surface area contributed by atoms with E-state index in [-0.39, 0.29) is 21.4 Å². The minimum atomic E-state index is -3.72. The van der Waals surface area contributed by atoms with Crippen molar-refractivity contribution in [2.24, 2.45) is 0 Å². The van der Waals surface area contributed by atoms with Crippen LogP contribution in [0.15, 0.2) is 23.1 Å². The van der Waals surface area contributed by atoms with Crippen LogP contribution in [0.1, 0.15) is 30.1 Å². The Labute approximate surface area is 152 Å². The molecule has 25 heavy (non-hydrogen) atoms. The first kappa shape index (κ1) is 19.7. The van der Waals surface area contributed by atoms with E-state index in [0.717, 1.165) is 23.2 Å². The summed E-state index contributed by atoms with van der Waals surface area (Å²) in [6.45, 7) is 2.79. The number of amides is 1. The summed E-state index contributed by atoms with van der Waals surface area (Å²) in [6, 6.07) is 3.79. The van der Waals surface area contributed by atoms with Crippen LogP contribution in [-0.2, 0) is 19.6 Å². The minimum Gasteiger partial charge on any atom is -0.449 e. The first-order valence-electron chi connectivity index (χ1n) is 7.86. The van der Waals surface area contributed by atoms with Crippen molar-refractivity contribution < 1.29 is 22.7 Å². The number of hydrogen-bond donors (Lipinski definition) is 0. The molecule has 0 unspecified atom stereocenters. The van der Waals surface area contributed by atoms with E-state index in [2.05, 4.69) is 0 Å². The highest BCUT2D eigenvalue weighted by Gasteiger charge is 2.28. The van der Waals surface area contributed by atoms with Gasteiger partial charge in [-0.15, -0.1) is 0 Å². The molecule has 1 heterocycles. The van der Waals surface area contributed by atoms with Gasteiger partial charge in [0.1, 0.15) is 0 Å². The van der Waals surface area contributed by atoms with E-state index in [1.807, 2.05) is 0 Å². The van der Waals surface area contributed by atoms with Crippen molar-refractivity contribution in [3.63, 3.8) is 0 Å². The molecule has 0 N–H and O–H groups in total. The topological polar surface area (TPSA) is 84.0 Å². The van der Waals surface area contributed by atoms with Gasteiger partial charge in [0.2, 0.25) is 10.0 Å². The highest BCUT2D eigenvalue weighted by atomic mass is 35.5. The Hall–Kier alpha value is -1.64. The molecule has 1 aliphatic rings. The zero-order valence-electron chi connectivity index (χ0n) is 14.4. The highest BCUT2D eigenvalue weighted by Crippen LogP contribution is 2.23. The maximum absolute atomic E-state index is 12.4. The molecular formula is C16H21ClN2O5S.